The number of benzene rings is 5. The molecule has 6 rings (SSSR count). The maximum Gasteiger partial charge on any atom is 0.322 e. The second kappa shape index (κ2) is 10.6. The number of carboxylic acids is 2. The predicted octanol–water partition coefficient (Wildman–Crippen LogP) is 3.71. The van der Waals surface area contributed by atoms with E-state index in [4.69, 9.17) is 14.2 Å². The van der Waals surface area contributed by atoms with Gasteiger partial charge in [-0.1, -0.05) is 11.6 Å². The van der Waals surface area contributed by atoms with Crippen LogP contribution < -0.4 is 35.7 Å². The first kappa shape index (κ1) is 30.2. The van der Waals surface area contributed by atoms with E-state index >= 15 is 0 Å². The van der Waals surface area contributed by atoms with Crippen molar-refractivity contribution < 1.29 is 43.9 Å². The van der Waals surface area contributed by atoms with E-state index in [2.05, 4.69) is 10.6 Å². The number of carboxylic acid groups (broad SMARTS) is 2. The summed E-state index contributed by atoms with van der Waals surface area (Å²) in [6, 6.07) is 2.71. The summed E-state index contributed by atoms with van der Waals surface area (Å²) in [4.78, 5) is 65.4. The molecule has 0 saturated heterocycles. The van der Waals surface area contributed by atoms with E-state index in [1.807, 2.05) is 0 Å². The van der Waals surface area contributed by atoms with Gasteiger partial charge in [0.15, 0.2) is 5.75 Å². The minimum atomic E-state index is -1.25. The summed E-state index contributed by atoms with van der Waals surface area (Å²) in [5.74, 6) is -4.14. The molecule has 0 fully saturated rings. The zero-order valence-electron chi connectivity index (χ0n) is 25.3. The molecule has 13 heteroatoms. The number of fused-ring (bicyclic) bond motifs is 1. The third-order valence-corrected chi connectivity index (χ3v) is 8.51. The van der Waals surface area contributed by atoms with Crippen LogP contribution in [-0.4, -0.2) is 67.5 Å². The number of ketones is 1. The van der Waals surface area contributed by atoms with Crippen LogP contribution in [-0.2, 0) is 14.4 Å². The summed E-state index contributed by atoms with van der Waals surface area (Å²) in [5, 5.41) is 37.4. The fraction of sp³-hybridized carbons (Fsp3) is 0.242. The van der Waals surface area contributed by atoms with Gasteiger partial charge in [0.05, 0.1) is 49.4 Å². The minimum absolute atomic E-state index is 0.000983. The lowest BCUT2D eigenvalue weighted by Crippen LogP contribution is -2.21. The highest BCUT2D eigenvalue weighted by molar-refractivity contribution is 6.40. The highest BCUT2D eigenvalue weighted by Crippen LogP contribution is 2.55. The van der Waals surface area contributed by atoms with Crippen LogP contribution in [0, 0.1) is 0 Å². The van der Waals surface area contributed by atoms with Gasteiger partial charge in [-0.25, -0.2) is 0 Å². The molecule has 5 aromatic carbocycles. The van der Waals surface area contributed by atoms with Gasteiger partial charge >= 0.3 is 11.9 Å². The van der Waals surface area contributed by atoms with Crippen LogP contribution in [0.3, 0.4) is 0 Å². The zero-order valence-corrected chi connectivity index (χ0v) is 25.3. The second-order valence-corrected chi connectivity index (χ2v) is 11.0. The highest BCUT2D eigenvalue weighted by Gasteiger charge is 2.37. The molecule has 5 N–H and O–H groups in total. The van der Waals surface area contributed by atoms with Crippen LogP contribution >= 0.6 is 0 Å². The van der Waals surface area contributed by atoms with E-state index in [0.29, 0.717) is 27.1 Å². The standard InChI is InChI=1S/C33H28N2O11/c1-11-6-13-21-26-22(31(42)30(13)35-10-19(40)41)14(34-9-18(38)39)7-16(44-3)24(26)25-17(45-4)8-15(37)23-28(25)27(21)29(20(11)12(2)36)33(46-5)32(23)43/h6-8,20,34-35,37H,9-10H2,1-5H3,(H,38,39)(H,40,41). The zero-order chi connectivity index (χ0) is 33.4. The largest absolute Gasteiger partial charge is 0.507 e. The van der Waals surface area contributed by atoms with E-state index in [-0.39, 0.29) is 67.1 Å². The van der Waals surface area contributed by atoms with Crippen LogP contribution in [0.2, 0.25) is 0 Å². The minimum Gasteiger partial charge on any atom is -0.507 e. The number of hydrogen-bond donors (Lipinski definition) is 5. The van der Waals surface area contributed by atoms with E-state index < -0.39 is 47.6 Å². The summed E-state index contributed by atoms with van der Waals surface area (Å²) in [6.07, 6.45) is 1.60. The number of carbonyl (C=O) groups excluding carboxylic acids is 1. The Kier molecular flexibility index (Phi) is 6.99. The first-order valence-electron chi connectivity index (χ1n) is 14.0. The van der Waals surface area contributed by atoms with Crippen LogP contribution in [0.1, 0.15) is 30.9 Å². The fourth-order valence-electron chi connectivity index (χ4n) is 6.93. The Bertz CT molecular complexity index is 2330. The number of aliphatic carboxylic acids is 2. The maximum atomic E-state index is 14.5. The summed E-state index contributed by atoms with van der Waals surface area (Å²) >= 11 is 0. The van der Waals surface area contributed by atoms with E-state index in [0.717, 1.165) is 0 Å². The molecule has 1 aliphatic carbocycles. The molecule has 13 nitrogen and oxygen atoms in total. The average Bonchev–Trinajstić information content (AvgIpc) is 3.13. The van der Waals surface area contributed by atoms with Gasteiger partial charge in [-0.2, -0.15) is 0 Å². The lowest BCUT2D eigenvalue weighted by Gasteiger charge is -2.25. The second-order valence-electron chi connectivity index (χ2n) is 11.0. The number of rotatable bonds is 10. The molecule has 0 aromatic heterocycles. The van der Waals surface area contributed by atoms with Gasteiger partial charge in [-0.3, -0.25) is 24.0 Å². The monoisotopic (exact) mass is 628 g/mol. The molecule has 0 radical (unpaired) electrons. The number of phenolic OH excluding ortho intramolecular Hbond substituents is 1. The number of methoxy groups -OCH3 is 3. The lowest BCUT2D eigenvalue weighted by atomic mass is 9.80. The van der Waals surface area contributed by atoms with Gasteiger partial charge < -0.3 is 40.2 Å². The van der Waals surface area contributed by atoms with Gasteiger partial charge in [-0.15, -0.1) is 0 Å². The Labute approximate surface area is 259 Å². The Hall–Kier alpha value is -5.85. The van der Waals surface area contributed by atoms with Gasteiger partial charge in [0.25, 0.3) is 0 Å². The van der Waals surface area contributed by atoms with Crippen LogP contribution in [0.25, 0.3) is 49.2 Å². The Morgan fingerprint density at radius 3 is 1.91 bits per heavy atom. The highest BCUT2D eigenvalue weighted by atomic mass is 16.5. The van der Waals surface area contributed by atoms with Gasteiger partial charge in [0, 0.05) is 50.2 Å². The lowest BCUT2D eigenvalue weighted by molar-refractivity contribution is -0.135. The number of anilines is 2. The van der Waals surface area contributed by atoms with Crippen molar-refractivity contribution in [3.8, 4) is 23.0 Å². The number of phenols is 1. The molecule has 1 atom stereocenters. The number of hydrogen-bond acceptors (Lipinski definition) is 11. The fourth-order valence-corrected chi connectivity index (χ4v) is 6.93. The first-order valence-corrected chi connectivity index (χ1v) is 14.0. The van der Waals surface area contributed by atoms with Crippen molar-refractivity contribution in [2.45, 2.75) is 19.8 Å². The smallest absolute Gasteiger partial charge is 0.322 e. The normalized spacial score (nSPS) is 14.1. The number of allylic oxidation sites excluding steroid dienone is 1. The van der Waals surface area contributed by atoms with Crippen molar-refractivity contribution in [1.82, 2.24) is 0 Å². The molecule has 0 amide bonds. The number of aromatic hydroxyl groups is 1. The molecular formula is C33H28N2O11. The van der Waals surface area contributed by atoms with Gasteiger partial charge in [-0.05, 0) is 19.2 Å². The molecule has 0 heterocycles. The molecular weight excluding hydrogens is 600 g/mol. The predicted molar refractivity (Wildman–Crippen MR) is 172 cm³/mol. The van der Waals surface area contributed by atoms with Crippen LogP contribution in [0.5, 0.6) is 23.0 Å². The molecule has 1 unspecified atom stereocenters. The number of Topliss-reactive ketones (excluding diaryl/α,β-unsaturated/α-hetero) is 1. The molecule has 0 bridgehead atoms. The summed E-state index contributed by atoms with van der Waals surface area (Å²) in [6.45, 7) is 1.80. The third-order valence-electron chi connectivity index (χ3n) is 8.51. The Morgan fingerprint density at radius 1 is 0.761 bits per heavy atom. The summed E-state index contributed by atoms with van der Waals surface area (Å²) < 4.78 is 17.2. The molecule has 0 aliphatic heterocycles. The quantitative estimate of drug-likeness (QED) is 0.111. The summed E-state index contributed by atoms with van der Waals surface area (Å²) in [7, 11) is 4.03. The van der Waals surface area contributed by atoms with Crippen molar-refractivity contribution in [2.75, 3.05) is 45.1 Å². The molecule has 0 saturated carbocycles. The van der Waals surface area contributed by atoms with Crippen molar-refractivity contribution in [3.05, 3.63) is 49.3 Å². The van der Waals surface area contributed by atoms with Crippen molar-refractivity contribution in [2.24, 2.45) is 0 Å². The van der Waals surface area contributed by atoms with Gasteiger partial charge in [0.1, 0.15) is 36.1 Å². The van der Waals surface area contributed by atoms with E-state index in [1.54, 1.807) is 13.0 Å². The average molecular weight is 629 g/mol. The van der Waals surface area contributed by atoms with E-state index in [1.165, 1.54) is 40.4 Å². The topological polar surface area (TPSA) is 198 Å². The molecule has 236 valence electrons. The maximum absolute atomic E-state index is 14.5. The first-order chi connectivity index (χ1) is 21.9. The molecule has 1 aliphatic rings. The number of nitrogens with one attached hydrogen (secondary N) is 2. The van der Waals surface area contributed by atoms with Crippen LogP contribution in [0.4, 0.5) is 11.4 Å². The van der Waals surface area contributed by atoms with Crippen LogP contribution in [0.15, 0.2) is 27.3 Å². The Balaban J connectivity index is 2.10. The molecule has 46 heavy (non-hydrogen) atoms. The van der Waals surface area contributed by atoms with Crippen molar-refractivity contribution >= 4 is 78.3 Å². The number of carbonyl (C=O) groups is 3. The molecule has 0 spiro atoms. The van der Waals surface area contributed by atoms with Crippen molar-refractivity contribution in [3.63, 3.8) is 0 Å². The third kappa shape index (κ3) is 4.04. The SMILES string of the molecule is COc1c2c3c4c(c(NCC(=O)O)c(=O)c5c(NCC(=O)O)cc(OC)c(c6c(OC)cc(O)c(c1=O)c63)c54)C=C(C)C2C(C)=O. The van der Waals surface area contributed by atoms with E-state index in [9.17, 15) is 39.3 Å². The van der Waals surface area contributed by atoms with Crippen molar-refractivity contribution in [1.29, 1.82) is 0 Å². The van der Waals surface area contributed by atoms with Gasteiger partial charge in [0.2, 0.25) is 10.9 Å². The summed E-state index contributed by atoms with van der Waals surface area (Å²) in [5.41, 5.74) is -0.495. The molecule has 5 aromatic rings. The number of ether oxygens (including phenoxy) is 3. The Morgan fingerprint density at radius 2 is 1.35 bits per heavy atom.